The molecule has 0 aliphatic heterocycles. The normalized spacial score (nSPS) is 10.8. The highest BCUT2D eigenvalue weighted by Crippen LogP contribution is 2.25. The number of benzene rings is 3. The van der Waals surface area contributed by atoms with E-state index >= 15 is 0 Å². The number of fused-ring (bicyclic) bond motifs is 1. The van der Waals surface area contributed by atoms with Gasteiger partial charge in [-0.2, -0.15) is 0 Å². The first-order valence-electron chi connectivity index (χ1n) is 10.7. The van der Waals surface area contributed by atoms with Gasteiger partial charge in [0, 0.05) is 25.7 Å². The van der Waals surface area contributed by atoms with Crippen LogP contribution in [0.25, 0.3) is 10.9 Å². The predicted octanol–water partition coefficient (Wildman–Crippen LogP) is 6.05. The van der Waals surface area contributed by atoms with Crippen molar-refractivity contribution in [3.05, 3.63) is 92.0 Å². The summed E-state index contributed by atoms with van der Waals surface area (Å²) < 4.78 is 3.04. The van der Waals surface area contributed by atoms with Crippen molar-refractivity contribution in [1.82, 2.24) is 4.68 Å². The Morgan fingerprint density at radius 3 is 2.14 bits per heavy atom. The predicted molar refractivity (Wildman–Crippen MR) is 145 cm³/mol. The quantitative estimate of drug-likeness (QED) is 0.250. The molecule has 0 aliphatic rings. The highest BCUT2D eigenvalue weighted by atomic mass is 79.9. The summed E-state index contributed by atoms with van der Waals surface area (Å²) in [4.78, 5) is 38.6. The van der Waals surface area contributed by atoms with Crippen LogP contribution in [0.15, 0.2) is 69.6 Å². The van der Waals surface area contributed by atoms with Gasteiger partial charge in [0.1, 0.15) is 5.69 Å². The Balaban J connectivity index is 1.63. The molecule has 4 rings (SSSR count). The summed E-state index contributed by atoms with van der Waals surface area (Å²) in [6.45, 7) is 5.77. The molecule has 1 aromatic heterocycles. The molecule has 0 atom stereocenters. The van der Waals surface area contributed by atoms with Gasteiger partial charge >= 0.3 is 11.8 Å². The van der Waals surface area contributed by atoms with Crippen molar-refractivity contribution in [3.63, 3.8) is 0 Å². The number of rotatable bonds is 4. The highest BCUT2D eigenvalue weighted by Gasteiger charge is 2.21. The molecular formula is C26H22Br2N4O3. The minimum atomic E-state index is -0.911. The van der Waals surface area contributed by atoms with E-state index in [2.05, 4.69) is 47.9 Å². The number of amides is 3. The van der Waals surface area contributed by atoms with Gasteiger partial charge in [-0.3, -0.25) is 19.8 Å². The zero-order valence-electron chi connectivity index (χ0n) is 19.2. The Kier molecular flexibility index (Phi) is 7.09. The van der Waals surface area contributed by atoms with Gasteiger partial charge in [-0.25, -0.2) is 4.68 Å². The van der Waals surface area contributed by atoms with E-state index in [1.807, 2.05) is 45.0 Å². The van der Waals surface area contributed by atoms with E-state index in [1.165, 1.54) is 4.68 Å². The highest BCUT2D eigenvalue weighted by molar-refractivity contribution is 9.10. The van der Waals surface area contributed by atoms with E-state index in [0.717, 1.165) is 25.6 Å². The molecule has 0 spiro atoms. The third kappa shape index (κ3) is 5.63. The number of aromatic nitrogens is 1. The molecule has 9 heteroatoms. The second kappa shape index (κ2) is 10.1. The topological polar surface area (TPSA) is 92.2 Å². The fourth-order valence-corrected chi connectivity index (χ4v) is 4.40. The summed E-state index contributed by atoms with van der Waals surface area (Å²) >= 11 is 6.84. The van der Waals surface area contributed by atoms with Gasteiger partial charge in [0.2, 0.25) is 0 Å². The average molecular weight is 598 g/mol. The van der Waals surface area contributed by atoms with Gasteiger partial charge in [0.15, 0.2) is 0 Å². The molecule has 178 valence electrons. The zero-order valence-corrected chi connectivity index (χ0v) is 22.4. The van der Waals surface area contributed by atoms with Crippen LogP contribution < -0.4 is 16.1 Å². The molecule has 0 radical (unpaired) electrons. The van der Waals surface area contributed by atoms with Gasteiger partial charge < -0.3 is 10.6 Å². The lowest BCUT2D eigenvalue weighted by Crippen LogP contribution is -2.36. The first-order chi connectivity index (χ1) is 16.6. The van der Waals surface area contributed by atoms with Gasteiger partial charge in [0.25, 0.3) is 5.91 Å². The number of hydrogen-bond donors (Lipinski definition) is 3. The molecule has 3 amide bonds. The van der Waals surface area contributed by atoms with Crippen LogP contribution in [0.1, 0.15) is 27.2 Å². The molecule has 3 N–H and O–H groups in total. The number of nitrogens with one attached hydrogen (secondary N) is 3. The fourth-order valence-electron chi connectivity index (χ4n) is 3.78. The van der Waals surface area contributed by atoms with E-state index in [4.69, 9.17) is 0 Å². The molecule has 0 bridgehead atoms. The van der Waals surface area contributed by atoms with Crippen LogP contribution in [-0.2, 0) is 9.59 Å². The maximum absolute atomic E-state index is 13.2. The van der Waals surface area contributed by atoms with E-state index in [1.54, 1.807) is 36.4 Å². The summed E-state index contributed by atoms with van der Waals surface area (Å²) in [7, 11) is 0. The minimum Gasteiger partial charge on any atom is -0.321 e. The molecule has 3 aromatic carbocycles. The summed E-state index contributed by atoms with van der Waals surface area (Å²) in [5.74, 6) is -2.19. The summed E-state index contributed by atoms with van der Waals surface area (Å²) in [6.07, 6.45) is 0. The number of halogens is 2. The van der Waals surface area contributed by atoms with Crippen LogP contribution in [0, 0.1) is 20.8 Å². The maximum Gasteiger partial charge on any atom is 0.328 e. The molecular weight excluding hydrogens is 576 g/mol. The van der Waals surface area contributed by atoms with E-state index in [0.29, 0.717) is 22.3 Å². The fraction of sp³-hybridized carbons (Fsp3) is 0.115. The largest absolute Gasteiger partial charge is 0.328 e. The Bertz CT molecular complexity index is 1470. The summed E-state index contributed by atoms with van der Waals surface area (Å²) in [5.41, 5.74) is 7.38. The number of carbonyl (C=O) groups is 3. The molecule has 0 unspecified atom stereocenters. The second-order valence-corrected chi connectivity index (χ2v) is 10.0. The first kappa shape index (κ1) is 24.7. The maximum atomic E-state index is 13.2. The smallest absolute Gasteiger partial charge is 0.321 e. The average Bonchev–Trinajstić information content (AvgIpc) is 3.13. The number of anilines is 2. The van der Waals surface area contributed by atoms with Crippen molar-refractivity contribution >= 4 is 71.9 Å². The monoisotopic (exact) mass is 596 g/mol. The van der Waals surface area contributed by atoms with E-state index in [9.17, 15) is 14.4 Å². The second-order valence-electron chi connectivity index (χ2n) is 8.26. The Labute approximate surface area is 219 Å². The third-order valence-corrected chi connectivity index (χ3v) is 6.69. The van der Waals surface area contributed by atoms with Gasteiger partial charge in [0.05, 0.1) is 5.52 Å². The standard InChI is InChI=1S/C26H22Br2N4O3/c1-14-8-15(2)10-20(9-14)30-24(33)23-13-17-12-18(27)4-7-22(17)32(23)31-26(35)25(34)29-19-5-6-21(28)16(3)11-19/h4-13H,1-3H3,(H,29,34)(H,30,33)(H,31,35). The Morgan fingerprint density at radius 2 is 1.46 bits per heavy atom. The van der Waals surface area contributed by atoms with Crippen LogP contribution in [0.5, 0.6) is 0 Å². The van der Waals surface area contributed by atoms with Crippen molar-refractivity contribution < 1.29 is 14.4 Å². The SMILES string of the molecule is Cc1cc(C)cc(NC(=O)c2cc3cc(Br)ccc3n2NC(=O)C(=O)Nc2ccc(Br)c(C)c2)c1. The molecule has 0 aliphatic carbocycles. The molecule has 7 nitrogen and oxygen atoms in total. The molecule has 0 fully saturated rings. The number of carbonyl (C=O) groups excluding carboxylic acids is 3. The lowest BCUT2D eigenvalue weighted by Gasteiger charge is -2.13. The lowest BCUT2D eigenvalue weighted by molar-refractivity contribution is -0.133. The van der Waals surface area contributed by atoms with Crippen LogP contribution >= 0.6 is 31.9 Å². The number of aryl methyl sites for hydroxylation is 3. The van der Waals surface area contributed by atoms with E-state index < -0.39 is 17.7 Å². The molecule has 4 aromatic rings. The molecule has 0 saturated heterocycles. The Hall–Kier alpha value is -3.43. The van der Waals surface area contributed by atoms with Crippen LogP contribution in [0.2, 0.25) is 0 Å². The number of hydrogen-bond acceptors (Lipinski definition) is 3. The van der Waals surface area contributed by atoms with Crippen LogP contribution in [-0.4, -0.2) is 22.4 Å². The van der Waals surface area contributed by atoms with Crippen molar-refractivity contribution in [2.75, 3.05) is 16.1 Å². The molecule has 35 heavy (non-hydrogen) atoms. The Morgan fingerprint density at radius 1 is 0.743 bits per heavy atom. The minimum absolute atomic E-state index is 0.179. The summed E-state index contributed by atoms with van der Waals surface area (Å²) in [5, 5.41) is 6.19. The molecule has 1 heterocycles. The van der Waals surface area contributed by atoms with Crippen LogP contribution in [0.4, 0.5) is 11.4 Å². The lowest BCUT2D eigenvalue weighted by atomic mass is 10.1. The van der Waals surface area contributed by atoms with Crippen molar-refractivity contribution in [3.8, 4) is 0 Å². The molecule has 0 saturated carbocycles. The third-order valence-electron chi connectivity index (χ3n) is 5.31. The van der Waals surface area contributed by atoms with Gasteiger partial charge in [-0.05, 0) is 92.1 Å². The van der Waals surface area contributed by atoms with Crippen molar-refractivity contribution in [2.45, 2.75) is 20.8 Å². The van der Waals surface area contributed by atoms with Gasteiger partial charge in [-0.1, -0.05) is 37.9 Å². The van der Waals surface area contributed by atoms with Crippen molar-refractivity contribution in [1.29, 1.82) is 0 Å². The van der Waals surface area contributed by atoms with Crippen LogP contribution in [0.3, 0.4) is 0 Å². The zero-order chi connectivity index (χ0) is 25.3. The summed E-state index contributed by atoms with van der Waals surface area (Å²) in [6, 6.07) is 18.0. The number of nitrogens with zero attached hydrogens (tertiary/aromatic N) is 1. The van der Waals surface area contributed by atoms with E-state index in [-0.39, 0.29) is 5.69 Å². The van der Waals surface area contributed by atoms with Gasteiger partial charge in [-0.15, -0.1) is 0 Å². The first-order valence-corrected chi connectivity index (χ1v) is 12.3. The van der Waals surface area contributed by atoms with Crippen molar-refractivity contribution in [2.24, 2.45) is 0 Å².